The standard InChI is InChI=1S/C14H26BrN5/c1-5-16-13(12-10-18(3)7-8-19(12)4)14-11(15)9-17-20(14)6-2/h9,12-13,16H,5-8,10H2,1-4H3. The predicted molar refractivity (Wildman–Crippen MR) is 85.9 cm³/mol. The molecule has 5 nitrogen and oxygen atoms in total. The van der Waals surface area contributed by atoms with Gasteiger partial charge in [0.1, 0.15) is 0 Å². The van der Waals surface area contributed by atoms with Gasteiger partial charge in [0.2, 0.25) is 0 Å². The van der Waals surface area contributed by atoms with Gasteiger partial charge in [-0.25, -0.2) is 0 Å². The van der Waals surface area contributed by atoms with Gasteiger partial charge in [-0.2, -0.15) is 5.10 Å². The first-order valence-corrected chi connectivity index (χ1v) is 8.21. The third kappa shape index (κ3) is 3.24. The van der Waals surface area contributed by atoms with Gasteiger partial charge in [-0.05, 0) is 43.5 Å². The van der Waals surface area contributed by atoms with Crippen LogP contribution in [0.2, 0.25) is 0 Å². The number of halogens is 1. The van der Waals surface area contributed by atoms with Crippen LogP contribution in [-0.4, -0.2) is 65.9 Å². The summed E-state index contributed by atoms with van der Waals surface area (Å²) in [5.41, 5.74) is 1.27. The summed E-state index contributed by atoms with van der Waals surface area (Å²) in [5.74, 6) is 0. The van der Waals surface area contributed by atoms with Crippen LogP contribution in [0.5, 0.6) is 0 Å². The lowest BCUT2D eigenvalue weighted by Crippen LogP contribution is -2.55. The summed E-state index contributed by atoms with van der Waals surface area (Å²) in [5, 5.41) is 8.14. The van der Waals surface area contributed by atoms with Gasteiger partial charge in [0.05, 0.1) is 22.4 Å². The Morgan fingerprint density at radius 3 is 2.80 bits per heavy atom. The molecule has 1 aliphatic rings. The molecule has 0 spiro atoms. The van der Waals surface area contributed by atoms with E-state index in [4.69, 9.17) is 0 Å². The molecular weight excluding hydrogens is 318 g/mol. The Kier molecular flexibility index (Phi) is 5.60. The molecule has 0 aromatic carbocycles. The van der Waals surface area contributed by atoms with Crippen molar-refractivity contribution in [3.05, 3.63) is 16.4 Å². The highest BCUT2D eigenvalue weighted by molar-refractivity contribution is 9.10. The number of aromatic nitrogens is 2. The van der Waals surface area contributed by atoms with Gasteiger partial charge in [-0.3, -0.25) is 9.58 Å². The highest BCUT2D eigenvalue weighted by atomic mass is 79.9. The summed E-state index contributed by atoms with van der Waals surface area (Å²) in [7, 11) is 4.43. The van der Waals surface area contributed by atoms with Crippen LogP contribution < -0.4 is 5.32 Å². The fourth-order valence-electron chi connectivity index (χ4n) is 2.97. The summed E-state index contributed by atoms with van der Waals surface area (Å²) < 4.78 is 3.20. The van der Waals surface area contributed by atoms with Crippen LogP contribution in [-0.2, 0) is 6.54 Å². The van der Waals surface area contributed by atoms with Gasteiger partial charge in [-0.1, -0.05) is 6.92 Å². The Labute approximate surface area is 130 Å². The molecule has 1 saturated heterocycles. The zero-order valence-corrected chi connectivity index (χ0v) is 14.5. The lowest BCUT2D eigenvalue weighted by molar-refractivity contribution is 0.0855. The maximum atomic E-state index is 4.47. The van der Waals surface area contributed by atoms with Crippen molar-refractivity contribution in [2.24, 2.45) is 0 Å². The molecule has 1 N–H and O–H groups in total. The molecule has 2 unspecified atom stereocenters. The van der Waals surface area contributed by atoms with Crippen molar-refractivity contribution in [2.75, 3.05) is 40.3 Å². The molecule has 2 heterocycles. The molecule has 1 aliphatic heterocycles. The minimum Gasteiger partial charge on any atom is -0.308 e. The van der Waals surface area contributed by atoms with Crippen molar-refractivity contribution in [1.29, 1.82) is 0 Å². The zero-order valence-electron chi connectivity index (χ0n) is 12.9. The molecule has 1 fully saturated rings. The molecule has 0 bridgehead atoms. The summed E-state index contributed by atoms with van der Waals surface area (Å²) >= 11 is 3.67. The molecule has 20 heavy (non-hydrogen) atoms. The van der Waals surface area contributed by atoms with Crippen molar-refractivity contribution in [3.63, 3.8) is 0 Å². The largest absolute Gasteiger partial charge is 0.308 e. The first-order valence-electron chi connectivity index (χ1n) is 7.41. The average Bonchev–Trinajstić information content (AvgIpc) is 2.80. The summed E-state index contributed by atoms with van der Waals surface area (Å²) in [6.45, 7) is 9.49. The quantitative estimate of drug-likeness (QED) is 0.880. The number of aryl methyl sites for hydroxylation is 1. The normalized spacial score (nSPS) is 23.1. The summed E-state index contributed by atoms with van der Waals surface area (Å²) in [6, 6.07) is 0.761. The number of nitrogens with one attached hydrogen (secondary N) is 1. The van der Waals surface area contributed by atoms with Gasteiger partial charge >= 0.3 is 0 Å². The Morgan fingerprint density at radius 2 is 2.15 bits per heavy atom. The first kappa shape index (κ1) is 15.9. The van der Waals surface area contributed by atoms with Crippen LogP contribution in [0.25, 0.3) is 0 Å². The molecule has 2 rings (SSSR count). The van der Waals surface area contributed by atoms with Crippen molar-refractivity contribution in [1.82, 2.24) is 24.9 Å². The van der Waals surface area contributed by atoms with Gasteiger partial charge in [0.15, 0.2) is 0 Å². The molecule has 0 radical (unpaired) electrons. The monoisotopic (exact) mass is 343 g/mol. The number of nitrogens with zero attached hydrogens (tertiary/aromatic N) is 4. The predicted octanol–water partition coefficient (Wildman–Crippen LogP) is 1.56. The Morgan fingerprint density at radius 1 is 1.40 bits per heavy atom. The second kappa shape index (κ2) is 7.02. The number of likely N-dealkylation sites (N-methyl/N-ethyl adjacent to an activating group) is 3. The van der Waals surface area contributed by atoms with Crippen molar-refractivity contribution >= 4 is 15.9 Å². The maximum absolute atomic E-state index is 4.47. The molecule has 1 aromatic heterocycles. The second-order valence-electron chi connectivity index (χ2n) is 5.54. The van der Waals surface area contributed by atoms with E-state index in [1.807, 2.05) is 6.20 Å². The highest BCUT2D eigenvalue weighted by Crippen LogP contribution is 2.29. The Balaban J connectivity index is 2.32. The average molecular weight is 344 g/mol. The zero-order chi connectivity index (χ0) is 14.7. The van der Waals surface area contributed by atoms with Gasteiger partial charge in [-0.15, -0.1) is 0 Å². The molecule has 114 valence electrons. The topological polar surface area (TPSA) is 36.3 Å². The van der Waals surface area contributed by atoms with E-state index in [0.717, 1.165) is 37.2 Å². The summed E-state index contributed by atoms with van der Waals surface area (Å²) in [6.07, 6.45) is 1.91. The number of piperazine rings is 1. The SMILES string of the molecule is CCNC(c1c(Br)cnn1CC)C1CN(C)CCN1C. The third-order valence-electron chi connectivity index (χ3n) is 4.14. The maximum Gasteiger partial charge on any atom is 0.0712 e. The summed E-state index contributed by atoms with van der Waals surface area (Å²) in [4.78, 5) is 4.88. The fourth-order valence-corrected chi connectivity index (χ4v) is 3.51. The molecule has 0 aliphatic carbocycles. The van der Waals surface area contributed by atoms with Crippen molar-refractivity contribution in [2.45, 2.75) is 32.5 Å². The molecular formula is C14H26BrN5. The Hall–Kier alpha value is -0.430. The van der Waals surface area contributed by atoms with E-state index in [-0.39, 0.29) is 0 Å². The fraction of sp³-hybridized carbons (Fsp3) is 0.786. The van der Waals surface area contributed by atoms with Crippen LogP contribution >= 0.6 is 15.9 Å². The van der Waals surface area contributed by atoms with Crippen LogP contribution in [0.15, 0.2) is 10.7 Å². The van der Waals surface area contributed by atoms with Crippen molar-refractivity contribution in [3.8, 4) is 0 Å². The van der Waals surface area contributed by atoms with Crippen molar-refractivity contribution < 1.29 is 0 Å². The third-order valence-corrected chi connectivity index (χ3v) is 4.75. The van der Waals surface area contributed by atoms with E-state index in [1.54, 1.807) is 0 Å². The second-order valence-corrected chi connectivity index (χ2v) is 6.39. The Bertz CT molecular complexity index is 433. The van der Waals surface area contributed by atoms with E-state index in [1.165, 1.54) is 5.69 Å². The van der Waals surface area contributed by atoms with E-state index in [9.17, 15) is 0 Å². The van der Waals surface area contributed by atoms with E-state index in [0.29, 0.717) is 12.1 Å². The lowest BCUT2D eigenvalue weighted by atomic mass is 10.0. The first-order chi connectivity index (χ1) is 9.58. The molecule has 0 amide bonds. The van der Waals surface area contributed by atoms with Crippen LogP contribution in [0, 0.1) is 0 Å². The molecule has 6 heteroatoms. The number of rotatable bonds is 5. The van der Waals surface area contributed by atoms with Crippen LogP contribution in [0.4, 0.5) is 0 Å². The van der Waals surface area contributed by atoms with E-state index >= 15 is 0 Å². The van der Waals surface area contributed by atoms with Crippen LogP contribution in [0.1, 0.15) is 25.6 Å². The highest BCUT2D eigenvalue weighted by Gasteiger charge is 2.33. The van der Waals surface area contributed by atoms with Gasteiger partial charge < -0.3 is 10.2 Å². The van der Waals surface area contributed by atoms with Gasteiger partial charge in [0.25, 0.3) is 0 Å². The molecule has 0 saturated carbocycles. The minimum absolute atomic E-state index is 0.296. The molecule has 1 aromatic rings. The lowest BCUT2D eigenvalue weighted by Gasteiger charge is -2.42. The van der Waals surface area contributed by atoms with E-state index in [2.05, 4.69) is 68.8 Å². The number of hydrogen-bond donors (Lipinski definition) is 1. The molecule has 2 atom stereocenters. The van der Waals surface area contributed by atoms with Gasteiger partial charge in [0, 0.05) is 32.2 Å². The minimum atomic E-state index is 0.296. The van der Waals surface area contributed by atoms with E-state index < -0.39 is 0 Å². The number of hydrogen-bond acceptors (Lipinski definition) is 4. The van der Waals surface area contributed by atoms with Crippen LogP contribution in [0.3, 0.4) is 0 Å². The smallest absolute Gasteiger partial charge is 0.0712 e.